The number of hydrogen-bond donors (Lipinski definition) is 0. The molecule has 1 aromatic carbocycles. The van der Waals surface area contributed by atoms with Crippen molar-refractivity contribution in [2.24, 2.45) is 0 Å². The lowest BCUT2D eigenvalue weighted by Gasteiger charge is -2.12. The monoisotopic (exact) mass is 282 g/mol. The number of carbonyl (C=O) groups excluding carboxylic acids is 1. The Hall–Kier alpha value is -1.43. The van der Waals surface area contributed by atoms with Crippen molar-refractivity contribution in [3.8, 4) is 5.75 Å². The summed E-state index contributed by atoms with van der Waals surface area (Å²) in [6, 6.07) is 1.73. The predicted octanol–water partition coefficient (Wildman–Crippen LogP) is 3.19. The van der Waals surface area contributed by atoms with Crippen LogP contribution in [0.4, 0.5) is 13.2 Å². The van der Waals surface area contributed by atoms with Crippen LogP contribution in [-0.2, 0) is 16.0 Å². The van der Waals surface area contributed by atoms with Gasteiger partial charge in [-0.15, -0.1) is 0 Å². The molecule has 7 heteroatoms. The average molecular weight is 283 g/mol. The maximum absolute atomic E-state index is 13.1. The van der Waals surface area contributed by atoms with Gasteiger partial charge in [-0.1, -0.05) is 11.6 Å². The van der Waals surface area contributed by atoms with E-state index in [-0.39, 0.29) is 17.2 Å². The molecular formula is C11H10ClF3O3. The summed E-state index contributed by atoms with van der Waals surface area (Å²) >= 11 is 5.59. The Balaban J connectivity index is 3.03. The van der Waals surface area contributed by atoms with E-state index >= 15 is 0 Å². The number of halogens is 4. The summed E-state index contributed by atoms with van der Waals surface area (Å²) in [5.41, 5.74) is -0.0845. The fourth-order valence-electron chi connectivity index (χ4n) is 1.33. The molecule has 0 saturated carbocycles. The molecule has 100 valence electrons. The van der Waals surface area contributed by atoms with Gasteiger partial charge in [0.1, 0.15) is 11.6 Å². The van der Waals surface area contributed by atoms with E-state index in [1.807, 2.05) is 0 Å². The van der Waals surface area contributed by atoms with Gasteiger partial charge in [-0.2, -0.15) is 8.78 Å². The van der Waals surface area contributed by atoms with E-state index in [1.54, 1.807) is 6.92 Å². The molecular weight excluding hydrogens is 273 g/mol. The number of esters is 1. The summed E-state index contributed by atoms with van der Waals surface area (Å²) in [7, 11) is 0. The molecule has 0 aliphatic heterocycles. The third-order valence-electron chi connectivity index (χ3n) is 1.93. The fourth-order valence-corrected chi connectivity index (χ4v) is 1.60. The lowest BCUT2D eigenvalue weighted by molar-refractivity contribution is -0.142. The zero-order valence-corrected chi connectivity index (χ0v) is 10.1. The Morgan fingerprint density at radius 3 is 2.67 bits per heavy atom. The number of ether oxygens (including phenoxy) is 2. The summed E-state index contributed by atoms with van der Waals surface area (Å²) < 4.78 is 46.3. The molecule has 0 atom stereocenters. The first-order valence-corrected chi connectivity index (χ1v) is 5.40. The molecule has 0 aliphatic rings. The van der Waals surface area contributed by atoms with Crippen LogP contribution in [0.15, 0.2) is 12.1 Å². The molecule has 0 spiro atoms. The number of alkyl halides is 2. The molecule has 0 aromatic heterocycles. The Bertz CT molecular complexity index is 438. The van der Waals surface area contributed by atoms with E-state index in [1.165, 1.54) is 0 Å². The normalized spacial score (nSPS) is 10.6. The highest BCUT2D eigenvalue weighted by molar-refractivity contribution is 6.32. The van der Waals surface area contributed by atoms with Crippen LogP contribution in [0.5, 0.6) is 5.75 Å². The van der Waals surface area contributed by atoms with Gasteiger partial charge in [0.25, 0.3) is 0 Å². The first-order valence-electron chi connectivity index (χ1n) is 5.02. The van der Waals surface area contributed by atoms with E-state index in [4.69, 9.17) is 11.6 Å². The Morgan fingerprint density at radius 2 is 2.11 bits per heavy atom. The lowest BCUT2D eigenvalue weighted by atomic mass is 10.1. The second kappa shape index (κ2) is 6.49. The number of hydrogen-bond acceptors (Lipinski definition) is 3. The van der Waals surface area contributed by atoms with Crippen molar-refractivity contribution in [2.75, 3.05) is 6.61 Å². The summed E-state index contributed by atoms with van der Waals surface area (Å²) in [5.74, 6) is -1.85. The molecule has 0 bridgehead atoms. The molecule has 3 nitrogen and oxygen atoms in total. The largest absolute Gasteiger partial charge is 0.466 e. The Morgan fingerprint density at radius 1 is 1.44 bits per heavy atom. The highest BCUT2D eigenvalue weighted by atomic mass is 35.5. The summed E-state index contributed by atoms with van der Waals surface area (Å²) in [5, 5.41) is -0.324. The molecule has 0 heterocycles. The molecule has 0 unspecified atom stereocenters. The molecule has 1 rings (SSSR count). The SMILES string of the molecule is CCOC(=O)Cc1cc(F)cc(Cl)c1OC(F)F. The molecule has 0 radical (unpaired) electrons. The van der Waals surface area contributed by atoms with Crippen LogP contribution in [0.2, 0.25) is 5.02 Å². The van der Waals surface area contributed by atoms with Gasteiger partial charge in [0, 0.05) is 5.56 Å². The van der Waals surface area contributed by atoms with Crippen LogP contribution >= 0.6 is 11.6 Å². The molecule has 0 N–H and O–H groups in total. The van der Waals surface area contributed by atoms with Gasteiger partial charge in [0.2, 0.25) is 0 Å². The van der Waals surface area contributed by atoms with Gasteiger partial charge < -0.3 is 9.47 Å². The van der Waals surface area contributed by atoms with E-state index < -0.39 is 30.6 Å². The number of rotatable bonds is 5. The predicted molar refractivity (Wildman–Crippen MR) is 58.4 cm³/mol. The van der Waals surface area contributed by atoms with Gasteiger partial charge in [0.05, 0.1) is 18.1 Å². The Labute approximate surface area is 106 Å². The standard InChI is InChI=1S/C11H10ClF3O3/c1-2-17-9(16)4-6-3-7(13)5-8(12)10(6)18-11(14)15/h3,5,11H,2,4H2,1H3. The zero-order valence-electron chi connectivity index (χ0n) is 9.38. The summed E-state index contributed by atoms with van der Waals surface area (Å²) in [4.78, 5) is 11.2. The molecule has 0 fully saturated rings. The minimum absolute atomic E-state index is 0.0845. The van der Waals surface area contributed by atoms with Crippen LogP contribution in [-0.4, -0.2) is 19.2 Å². The third kappa shape index (κ3) is 4.10. The van der Waals surface area contributed by atoms with Crippen LogP contribution in [0.3, 0.4) is 0 Å². The minimum atomic E-state index is -3.12. The molecule has 0 aliphatic carbocycles. The van der Waals surface area contributed by atoms with Crippen molar-refractivity contribution < 1.29 is 27.4 Å². The van der Waals surface area contributed by atoms with Gasteiger partial charge >= 0.3 is 12.6 Å². The van der Waals surface area contributed by atoms with Crippen LogP contribution < -0.4 is 4.74 Å². The molecule has 0 saturated heterocycles. The van der Waals surface area contributed by atoms with Crippen molar-refractivity contribution in [3.05, 3.63) is 28.5 Å². The van der Waals surface area contributed by atoms with Crippen molar-refractivity contribution in [2.45, 2.75) is 20.0 Å². The average Bonchev–Trinajstić information content (AvgIpc) is 2.23. The molecule has 0 amide bonds. The van der Waals surface area contributed by atoms with E-state index in [0.717, 1.165) is 12.1 Å². The molecule has 1 aromatic rings. The lowest BCUT2D eigenvalue weighted by Crippen LogP contribution is -2.11. The maximum Gasteiger partial charge on any atom is 0.387 e. The van der Waals surface area contributed by atoms with Crippen LogP contribution in [0.25, 0.3) is 0 Å². The van der Waals surface area contributed by atoms with Crippen molar-refractivity contribution >= 4 is 17.6 Å². The first kappa shape index (κ1) is 14.6. The van der Waals surface area contributed by atoms with Crippen molar-refractivity contribution in [1.29, 1.82) is 0 Å². The highest BCUT2D eigenvalue weighted by Gasteiger charge is 2.18. The van der Waals surface area contributed by atoms with Crippen molar-refractivity contribution in [1.82, 2.24) is 0 Å². The van der Waals surface area contributed by atoms with Crippen LogP contribution in [0, 0.1) is 5.82 Å². The second-order valence-electron chi connectivity index (χ2n) is 3.24. The number of carbonyl (C=O) groups is 1. The zero-order chi connectivity index (χ0) is 13.7. The van der Waals surface area contributed by atoms with E-state index in [2.05, 4.69) is 9.47 Å². The quantitative estimate of drug-likeness (QED) is 0.778. The topological polar surface area (TPSA) is 35.5 Å². The fraction of sp³-hybridized carbons (Fsp3) is 0.364. The third-order valence-corrected chi connectivity index (χ3v) is 2.21. The van der Waals surface area contributed by atoms with Gasteiger partial charge in [0.15, 0.2) is 0 Å². The van der Waals surface area contributed by atoms with Crippen molar-refractivity contribution in [3.63, 3.8) is 0 Å². The summed E-state index contributed by atoms with van der Waals surface area (Å²) in [6.45, 7) is -1.39. The van der Waals surface area contributed by atoms with Gasteiger partial charge in [-0.05, 0) is 19.1 Å². The second-order valence-corrected chi connectivity index (χ2v) is 3.64. The van der Waals surface area contributed by atoms with E-state index in [9.17, 15) is 18.0 Å². The highest BCUT2D eigenvalue weighted by Crippen LogP contribution is 2.32. The van der Waals surface area contributed by atoms with Gasteiger partial charge in [-0.25, -0.2) is 4.39 Å². The Kier molecular flexibility index (Phi) is 5.27. The van der Waals surface area contributed by atoms with Gasteiger partial charge in [-0.3, -0.25) is 4.79 Å². The summed E-state index contributed by atoms with van der Waals surface area (Å²) in [6.07, 6.45) is -0.395. The van der Waals surface area contributed by atoms with E-state index in [0.29, 0.717) is 0 Å². The van der Waals surface area contributed by atoms with Crippen LogP contribution in [0.1, 0.15) is 12.5 Å². The molecule has 18 heavy (non-hydrogen) atoms. The number of benzene rings is 1. The first-order chi connectivity index (χ1) is 8.43. The smallest absolute Gasteiger partial charge is 0.387 e. The minimum Gasteiger partial charge on any atom is -0.466 e. The maximum atomic E-state index is 13.1.